The minimum absolute atomic E-state index is 0.206. The molecule has 1 aliphatic heterocycles. The number of anilines is 1. The number of hydrogen-bond donors (Lipinski definition) is 0. The Hall–Kier alpha value is -2.15. The van der Waals surface area contributed by atoms with Crippen molar-refractivity contribution in [3.8, 4) is 0 Å². The van der Waals surface area contributed by atoms with Crippen molar-refractivity contribution in [2.45, 2.75) is 32.4 Å². The van der Waals surface area contributed by atoms with E-state index in [9.17, 15) is 4.79 Å². The Labute approximate surface area is 165 Å². The maximum atomic E-state index is 12.5. The van der Waals surface area contributed by atoms with Gasteiger partial charge in [-0.15, -0.1) is 11.8 Å². The van der Waals surface area contributed by atoms with Crippen LogP contribution in [0, 0.1) is 6.92 Å². The van der Waals surface area contributed by atoms with Gasteiger partial charge in [-0.1, -0.05) is 19.9 Å². The first kappa shape index (κ1) is 19.6. The van der Waals surface area contributed by atoms with Crippen molar-refractivity contribution in [1.29, 1.82) is 0 Å². The van der Waals surface area contributed by atoms with Gasteiger partial charge in [0, 0.05) is 55.8 Å². The third-order valence-corrected chi connectivity index (χ3v) is 5.48. The number of carbonyl (C=O) groups is 1. The molecule has 0 aromatic carbocycles. The van der Waals surface area contributed by atoms with Gasteiger partial charge in [-0.05, 0) is 19.1 Å². The fourth-order valence-electron chi connectivity index (χ4n) is 3.00. The van der Waals surface area contributed by atoms with E-state index in [1.807, 2.05) is 36.1 Å². The van der Waals surface area contributed by atoms with Crippen molar-refractivity contribution in [3.63, 3.8) is 0 Å². The van der Waals surface area contributed by atoms with E-state index in [0.717, 1.165) is 55.0 Å². The molecule has 1 fully saturated rings. The standard InChI is InChI=1S/C20H27N5OS/c1-15(2)20-22-16(3)12-18(23-20)24-8-10-25(11-9-24)19(26)14-27-13-17-6-4-5-7-21-17/h4-7,12,15H,8-11,13-14H2,1-3H3. The quantitative estimate of drug-likeness (QED) is 0.762. The number of aryl methyl sites for hydroxylation is 1. The third kappa shape index (κ3) is 5.42. The van der Waals surface area contributed by atoms with Crippen molar-refractivity contribution in [3.05, 3.63) is 47.7 Å². The number of pyridine rings is 1. The SMILES string of the molecule is Cc1cc(N2CCN(C(=O)CSCc3ccccn3)CC2)nc(C(C)C)n1. The summed E-state index contributed by atoms with van der Waals surface area (Å²) in [5, 5.41) is 0. The molecule has 0 radical (unpaired) electrons. The van der Waals surface area contributed by atoms with Gasteiger partial charge in [0.2, 0.25) is 5.91 Å². The Bertz CT molecular complexity index is 760. The molecule has 0 atom stereocenters. The lowest BCUT2D eigenvalue weighted by Gasteiger charge is -2.35. The van der Waals surface area contributed by atoms with Crippen LogP contribution in [0.15, 0.2) is 30.5 Å². The molecule has 3 heterocycles. The number of nitrogens with zero attached hydrogens (tertiary/aromatic N) is 5. The molecule has 0 unspecified atom stereocenters. The van der Waals surface area contributed by atoms with E-state index < -0.39 is 0 Å². The largest absolute Gasteiger partial charge is 0.353 e. The highest BCUT2D eigenvalue weighted by Crippen LogP contribution is 2.19. The van der Waals surface area contributed by atoms with Gasteiger partial charge in [-0.3, -0.25) is 9.78 Å². The van der Waals surface area contributed by atoms with Crippen molar-refractivity contribution in [2.75, 3.05) is 36.8 Å². The monoisotopic (exact) mass is 385 g/mol. The second-order valence-corrected chi connectivity index (χ2v) is 8.05. The molecule has 1 saturated heterocycles. The lowest BCUT2D eigenvalue weighted by atomic mass is 10.2. The highest BCUT2D eigenvalue weighted by molar-refractivity contribution is 7.99. The number of carbonyl (C=O) groups excluding carboxylic acids is 1. The summed E-state index contributed by atoms with van der Waals surface area (Å²) in [4.78, 5) is 30.2. The Morgan fingerprint density at radius 2 is 1.96 bits per heavy atom. The van der Waals surface area contributed by atoms with Gasteiger partial charge < -0.3 is 9.80 Å². The summed E-state index contributed by atoms with van der Waals surface area (Å²) in [5.41, 5.74) is 2.01. The van der Waals surface area contributed by atoms with Gasteiger partial charge in [0.1, 0.15) is 11.6 Å². The lowest BCUT2D eigenvalue weighted by molar-refractivity contribution is -0.128. The molecule has 0 bridgehead atoms. The first-order valence-corrected chi connectivity index (χ1v) is 10.5. The highest BCUT2D eigenvalue weighted by Gasteiger charge is 2.22. The Morgan fingerprint density at radius 3 is 2.63 bits per heavy atom. The summed E-state index contributed by atoms with van der Waals surface area (Å²) in [6, 6.07) is 7.91. The second-order valence-electron chi connectivity index (χ2n) is 7.06. The minimum atomic E-state index is 0.206. The zero-order valence-corrected chi connectivity index (χ0v) is 17.1. The Morgan fingerprint density at radius 1 is 1.19 bits per heavy atom. The summed E-state index contributed by atoms with van der Waals surface area (Å²) >= 11 is 1.62. The van der Waals surface area contributed by atoms with Gasteiger partial charge in [0.15, 0.2) is 0 Å². The molecule has 1 aliphatic rings. The van der Waals surface area contributed by atoms with Crippen LogP contribution < -0.4 is 4.90 Å². The molecular weight excluding hydrogens is 358 g/mol. The fraction of sp³-hybridized carbons (Fsp3) is 0.500. The van der Waals surface area contributed by atoms with Crippen LogP contribution in [-0.2, 0) is 10.5 Å². The van der Waals surface area contributed by atoms with E-state index in [1.165, 1.54) is 0 Å². The van der Waals surface area contributed by atoms with Crippen LogP contribution in [0.1, 0.15) is 37.0 Å². The van der Waals surface area contributed by atoms with Crippen LogP contribution >= 0.6 is 11.8 Å². The summed E-state index contributed by atoms with van der Waals surface area (Å²) in [6.45, 7) is 9.33. The normalized spacial score (nSPS) is 14.7. The smallest absolute Gasteiger partial charge is 0.232 e. The number of piperazine rings is 1. The molecule has 27 heavy (non-hydrogen) atoms. The van der Waals surface area contributed by atoms with E-state index >= 15 is 0 Å². The molecule has 7 heteroatoms. The topological polar surface area (TPSA) is 62.2 Å². The van der Waals surface area contributed by atoms with Crippen LogP contribution in [0.3, 0.4) is 0 Å². The van der Waals surface area contributed by atoms with Gasteiger partial charge in [-0.2, -0.15) is 0 Å². The Balaban J connectivity index is 1.49. The van der Waals surface area contributed by atoms with Crippen LogP contribution in [-0.4, -0.2) is 57.7 Å². The predicted octanol–water partition coefficient (Wildman–Crippen LogP) is 2.89. The summed E-state index contributed by atoms with van der Waals surface area (Å²) < 4.78 is 0. The predicted molar refractivity (Wildman–Crippen MR) is 110 cm³/mol. The molecule has 0 saturated carbocycles. The van der Waals surface area contributed by atoms with E-state index in [0.29, 0.717) is 11.7 Å². The zero-order chi connectivity index (χ0) is 19.2. The average Bonchev–Trinajstić information content (AvgIpc) is 2.68. The molecule has 1 amide bonds. The molecule has 0 aliphatic carbocycles. The molecular formula is C20H27N5OS. The highest BCUT2D eigenvalue weighted by atomic mass is 32.2. The second kappa shape index (κ2) is 9.17. The van der Waals surface area contributed by atoms with E-state index in [4.69, 9.17) is 4.98 Å². The van der Waals surface area contributed by atoms with Crippen molar-refractivity contribution >= 4 is 23.5 Å². The minimum Gasteiger partial charge on any atom is -0.353 e. The van der Waals surface area contributed by atoms with Gasteiger partial charge in [-0.25, -0.2) is 9.97 Å². The number of rotatable bonds is 6. The number of amides is 1. The molecule has 144 valence electrons. The summed E-state index contributed by atoms with van der Waals surface area (Å²) in [6.07, 6.45) is 1.79. The number of hydrogen-bond acceptors (Lipinski definition) is 6. The molecule has 0 N–H and O–H groups in total. The number of aromatic nitrogens is 3. The fourth-order valence-corrected chi connectivity index (χ4v) is 3.84. The van der Waals surface area contributed by atoms with E-state index in [-0.39, 0.29) is 5.91 Å². The molecule has 2 aromatic rings. The maximum Gasteiger partial charge on any atom is 0.232 e. The first-order valence-electron chi connectivity index (χ1n) is 9.39. The molecule has 2 aromatic heterocycles. The number of thioether (sulfide) groups is 1. The molecule has 0 spiro atoms. The van der Waals surface area contributed by atoms with Crippen molar-refractivity contribution < 1.29 is 4.79 Å². The zero-order valence-electron chi connectivity index (χ0n) is 16.3. The van der Waals surface area contributed by atoms with Crippen LogP contribution in [0.25, 0.3) is 0 Å². The average molecular weight is 386 g/mol. The molecule has 6 nitrogen and oxygen atoms in total. The van der Waals surface area contributed by atoms with Crippen LogP contribution in [0.4, 0.5) is 5.82 Å². The molecule has 3 rings (SSSR count). The van der Waals surface area contributed by atoms with Gasteiger partial charge in [0.05, 0.1) is 11.4 Å². The van der Waals surface area contributed by atoms with Gasteiger partial charge in [0.25, 0.3) is 0 Å². The van der Waals surface area contributed by atoms with Crippen LogP contribution in [0.2, 0.25) is 0 Å². The Kier molecular flexibility index (Phi) is 6.66. The summed E-state index contributed by atoms with van der Waals surface area (Å²) in [7, 11) is 0. The van der Waals surface area contributed by atoms with E-state index in [1.54, 1.807) is 18.0 Å². The van der Waals surface area contributed by atoms with Gasteiger partial charge >= 0.3 is 0 Å². The van der Waals surface area contributed by atoms with E-state index in [2.05, 4.69) is 28.7 Å². The summed E-state index contributed by atoms with van der Waals surface area (Å²) in [5.74, 6) is 3.64. The lowest BCUT2D eigenvalue weighted by Crippen LogP contribution is -2.49. The first-order chi connectivity index (χ1) is 13.0. The third-order valence-electron chi connectivity index (χ3n) is 4.53. The maximum absolute atomic E-state index is 12.5. The van der Waals surface area contributed by atoms with Crippen molar-refractivity contribution in [1.82, 2.24) is 19.9 Å². The van der Waals surface area contributed by atoms with Crippen LogP contribution in [0.5, 0.6) is 0 Å². The van der Waals surface area contributed by atoms with Crippen molar-refractivity contribution in [2.24, 2.45) is 0 Å².